The first kappa shape index (κ1) is 24.8. The summed E-state index contributed by atoms with van der Waals surface area (Å²) < 4.78 is 15.5. The van der Waals surface area contributed by atoms with Gasteiger partial charge in [0.2, 0.25) is 6.41 Å². The zero-order valence-corrected chi connectivity index (χ0v) is 19.5. The van der Waals surface area contributed by atoms with Crippen molar-refractivity contribution in [3.63, 3.8) is 0 Å². The van der Waals surface area contributed by atoms with Crippen molar-refractivity contribution in [2.24, 2.45) is 0 Å². The van der Waals surface area contributed by atoms with Crippen molar-refractivity contribution in [1.82, 2.24) is 0 Å². The molecule has 0 bridgehead atoms. The molecule has 180 valence electrons. The Balaban J connectivity index is 1.84. The maximum absolute atomic E-state index is 13.3. The third kappa shape index (κ3) is 5.92. The fraction of sp³-hybridized carbons (Fsp3) is 0.360. The summed E-state index contributed by atoms with van der Waals surface area (Å²) in [6.45, 7) is 0. The average Bonchev–Trinajstić information content (AvgIpc) is 3.35. The predicted octanol–water partition coefficient (Wildman–Crippen LogP) is 3.99. The van der Waals surface area contributed by atoms with Crippen LogP contribution in [0.5, 0.6) is 5.75 Å². The molecule has 2 aromatic rings. The molecule has 0 unspecified atom stereocenters. The number of anilines is 2. The lowest BCUT2D eigenvalue weighted by Gasteiger charge is -2.18. The van der Waals surface area contributed by atoms with Gasteiger partial charge in [-0.3, -0.25) is 14.9 Å². The molecular formula is C25H28N2O7. The van der Waals surface area contributed by atoms with Gasteiger partial charge in [-0.25, -0.2) is 9.59 Å². The lowest BCUT2D eigenvalue weighted by molar-refractivity contribution is -0.107. The summed E-state index contributed by atoms with van der Waals surface area (Å²) in [6.07, 6.45) is 3.62. The number of hydrogen-bond donors (Lipinski definition) is 1. The predicted molar refractivity (Wildman–Crippen MR) is 126 cm³/mol. The van der Waals surface area contributed by atoms with E-state index in [1.165, 1.54) is 38.3 Å². The monoisotopic (exact) mass is 468 g/mol. The van der Waals surface area contributed by atoms with Gasteiger partial charge < -0.3 is 19.1 Å². The number of nitrogens with zero attached hydrogens (tertiary/aromatic N) is 1. The highest BCUT2D eigenvalue weighted by Crippen LogP contribution is 2.28. The summed E-state index contributed by atoms with van der Waals surface area (Å²) in [5, 5.41) is 2.66. The molecule has 1 fully saturated rings. The number of carbonyl (C=O) groups is 4. The highest BCUT2D eigenvalue weighted by Gasteiger charge is 2.21. The average molecular weight is 469 g/mol. The molecule has 2 aromatic carbocycles. The highest BCUT2D eigenvalue weighted by atomic mass is 16.6. The third-order valence-electron chi connectivity index (χ3n) is 5.72. The normalized spacial score (nSPS) is 13.1. The van der Waals surface area contributed by atoms with Gasteiger partial charge in [-0.05, 0) is 56.0 Å². The van der Waals surface area contributed by atoms with Crippen LogP contribution in [0.15, 0.2) is 36.4 Å². The lowest BCUT2D eigenvalue weighted by atomic mass is 9.98. The molecule has 1 saturated carbocycles. The van der Waals surface area contributed by atoms with Crippen LogP contribution in [0.25, 0.3) is 0 Å². The quantitative estimate of drug-likeness (QED) is 0.336. The van der Waals surface area contributed by atoms with Gasteiger partial charge in [0.1, 0.15) is 11.9 Å². The molecular weight excluding hydrogens is 440 g/mol. The van der Waals surface area contributed by atoms with Crippen molar-refractivity contribution in [2.75, 3.05) is 31.5 Å². The Morgan fingerprint density at radius 2 is 1.82 bits per heavy atom. The van der Waals surface area contributed by atoms with Crippen LogP contribution in [-0.4, -0.2) is 51.6 Å². The van der Waals surface area contributed by atoms with Gasteiger partial charge in [-0.1, -0.05) is 6.07 Å². The summed E-state index contributed by atoms with van der Waals surface area (Å²) in [7, 11) is 4.25. The maximum Gasteiger partial charge on any atom is 0.411 e. The first-order chi connectivity index (χ1) is 16.4. The molecule has 9 heteroatoms. The number of ether oxygens (including phenoxy) is 3. The number of nitrogens with one attached hydrogen (secondary N) is 1. The first-order valence-electron chi connectivity index (χ1n) is 10.9. The van der Waals surface area contributed by atoms with Crippen LogP contribution in [0.3, 0.4) is 0 Å². The summed E-state index contributed by atoms with van der Waals surface area (Å²) in [6, 6.07) is 9.38. The molecule has 0 aliphatic heterocycles. The number of rotatable bonds is 9. The Bertz CT molecular complexity index is 1080. The molecule has 2 amide bonds. The van der Waals surface area contributed by atoms with Crippen molar-refractivity contribution < 1.29 is 33.4 Å². The Morgan fingerprint density at radius 3 is 2.47 bits per heavy atom. The number of methoxy groups -OCH3 is 2. The molecule has 0 radical (unpaired) electrons. The Labute approximate surface area is 198 Å². The van der Waals surface area contributed by atoms with E-state index >= 15 is 0 Å². The highest BCUT2D eigenvalue weighted by molar-refractivity contribution is 6.05. The van der Waals surface area contributed by atoms with Crippen molar-refractivity contribution in [3.05, 3.63) is 53.1 Å². The topological polar surface area (TPSA) is 111 Å². The molecule has 0 atom stereocenters. The van der Waals surface area contributed by atoms with E-state index in [1.54, 1.807) is 24.3 Å². The Morgan fingerprint density at radius 1 is 1.09 bits per heavy atom. The van der Waals surface area contributed by atoms with Gasteiger partial charge in [0.15, 0.2) is 5.78 Å². The number of hydrogen-bond acceptors (Lipinski definition) is 7. The van der Waals surface area contributed by atoms with Gasteiger partial charge in [0, 0.05) is 30.3 Å². The molecule has 34 heavy (non-hydrogen) atoms. The zero-order chi connectivity index (χ0) is 24.7. The number of ketones is 1. The van der Waals surface area contributed by atoms with Gasteiger partial charge in [-0.2, -0.15) is 0 Å². The summed E-state index contributed by atoms with van der Waals surface area (Å²) in [5.41, 5.74) is 1.86. The Hall–Kier alpha value is -3.88. The van der Waals surface area contributed by atoms with E-state index in [0.717, 1.165) is 25.7 Å². The van der Waals surface area contributed by atoms with Crippen molar-refractivity contribution in [3.8, 4) is 5.75 Å². The largest absolute Gasteiger partial charge is 0.496 e. The van der Waals surface area contributed by atoms with E-state index in [-0.39, 0.29) is 23.9 Å². The van der Waals surface area contributed by atoms with Crippen LogP contribution in [-0.2, 0) is 20.7 Å². The second-order valence-corrected chi connectivity index (χ2v) is 8.00. The molecule has 0 aromatic heterocycles. The summed E-state index contributed by atoms with van der Waals surface area (Å²) in [4.78, 5) is 50.0. The molecule has 0 saturated heterocycles. The van der Waals surface area contributed by atoms with Gasteiger partial charge in [-0.15, -0.1) is 0 Å². The molecule has 9 nitrogen and oxygen atoms in total. The number of esters is 1. The molecule has 0 heterocycles. The zero-order valence-electron chi connectivity index (χ0n) is 19.5. The van der Waals surface area contributed by atoms with E-state index in [2.05, 4.69) is 5.32 Å². The summed E-state index contributed by atoms with van der Waals surface area (Å²) in [5.74, 6) is -0.467. The van der Waals surface area contributed by atoms with Crippen molar-refractivity contribution in [1.29, 1.82) is 0 Å². The van der Waals surface area contributed by atoms with E-state index in [0.29, 0.717) is 34.7 Å². The van der Waals surface area contributed by atoms with Crippen LogP contribution >= 0.6 is 0 Å². The fourth-order valence-corrected chi connectivity index (χ4v) is 3.91. The van der Waals surface area contributed by atoms with Crippen molar-refractivity contribution in [2.45, 2.75) is 38.2 Å². The van der Waals surface area contributed by atoms with Gasteiger partial charge >= 0.3 is 12.1 Å². The number of amides is 2. The number of carbonyl (C=O) groups excluding carboxylic acids is 4. The van der Waals surface area contributed by atoms with Gasteiger partial charge in [0.25, 0.3) is 0 Å². The third-order valence-corrected chi connectivity index (χ3v) is 5.72. The Kier molecular flexibility index (Phi) is 8.24. The molecule has 1 N–H and O–H groups in total. The lowest BCUT2D eigenvalue weighted by Crippen LogP contribution is -2.21. The minimum Gasteiger partial charge on any atom is -0.496 e. The van der Waals surface area contributed by atoms with E-state index < -0.39 is 12.1 Å². The smallest absolute Gasteiger partial charge is 0.411 e. The van der Waals surface area contributed by atoms with Gasteiger partial charge in [0.05, 0.1) is 25.5 Å². The second-order valence-electron chi connectivity index (χ2n) is 8.00. The van der Waals surface area contributed by atoms with E-state index in [4.69, 9.17) is 14.2 Å². The molecule has 0 spiro atoms. The number of Topliss-reactive ketones (excluding diaryl/α,β-unsaturated/α-hetero) is 1. The van der Waals surface area contributed by atoms with Crippen LogP contribution in [0.1, 0.15) is 52.0 Å². The summed E-state index contributed by atoms with van der Waals surface area (Å²) >= 11 is 0. The van der Waals surface area contributed by atoms with Crippen LogP contribution in [0.4, 0.5) is 16.2 Å². The SMILES string of the molecule is COC(=O)c1ccc(CC(=O)c2cc(NC(=O)OC3CCCC3)ccc2N(C)C=O)c(OC)c1. The van der Waals surface area contributed by atoms with Crippen LogP contribution in [0.2, 0.25) is 0 Å². The maximum atomic E-state index is 13.3. The standard InChI is InChI=1S/C25H28N2O7/c1-27(15-28)21-11-10-18(26-25(31)34-19-6-4-5-7-19)14-20(21)22(29)12-16-8-9-17(24(30)33-3)13-23(16)32-2/h8-11,13-15,19H,4-7,12H2,1-3H3,(H,26,31). The molecule has 1 aliphatic carbocycles. The molecule has 1 aliphatic rings. The second kappa shape index (κ2) is 11.3. The minimum atomic E-state index is -0.582. The van der Waals surface area contributed by atoms with E-state index in [9.17, 15) is 19.2 Å². The van der Waals surface area contributed by atoms with E-state index in [1.807, 2.05) is 0 Å². The molecule has 3 rings (SSSR count). The van der Waals surface area contributed by atoms with Crippen LogP contribution in [0, 0.1) is 0 Å². The number of benzene rings is 2. The fourth-order valence-electron chi connectivity index (χ4n) is 3.91. The first-order valence-corrected chi connectivity index (χ1v) is 10.9. The van der Waals surface area contributed by atoms with Crippen molar-refractivity contribution >= 4 is 35.6 Å². The minimum absolute atomic E-state index is 0.0553. The van der Waals surface area contributed by atoms with Crippen LogP contribution < -0.4 is 15.0 Å².